The minimum atomic E-state index is -4.10. The Bertz CT molecular complexity index is 214. The van der Waals surface area contributed by atoms with Gasteiger partial charge in [0.1, 0.15) is 6.04 Å². The van der Waals surface area contributed by atoms with Gasteiger partial charge in [-0.25, -0.2) is 0 Å². The third-order valence-corrected chi connectivity index (χ3v) is 3.54. The first-order valence-electron chi connectivity index (χ1n) is 5.31. The van der Waals surface area contributed by atoms with E-state index in [1.807, 2.05) is 0 Å². The highest BCUT2D eigenvalue weighted by atomic mass is 19.4. The first-order valence-corrected chi connectivity index (χ1v) is 5.31. The van der Waals surface area contributed by atoms with Crippen molar-refractivity contribution < 1.29 is 13.2 Å². The van der Waals surface area contributed by atoms with Crippen molar-refractivity contribution in [2.75, 3.05) is 0 Å². The number of fused-ring (bicyclic) bond motifs is 1. The van der Waals surface area contributed by atoms with Gasteiger partial charge in [-0.2, -0.15) is 13.2 Å². The van der Waals surface area contributed by atoms with E-state index in [4.69, 9.17) is 0 Å². The lowest BCUT2D eigenvalue weighted by Gasteiger charge is -2.27. The lowest BCUT2D eigenvalue weighted by molar-refractivity contribution is -0.154. The fraction of sp³-hybridized carbons (Fsp3) is 1.00. The smallest absolute Gasteiger partial charge is 0.303 e. The van der Waals surface area contributed by atoms with Gasteiger partial charge in [-0.05, 0) is 31.6 Å². The van der Waals surface area contributed by atoms with E-state index in [1.165, 1.54) is 13.3 Å². The summed E-state index contributed by atoms with van der Waals surface area (Å²) in [6.45, 7) is 1.21. The number of hydrogen-bond donors (Lipinski definition) is 1. The molecular weight excluding hydrogens is 191 g/mol. The Kier molecular flexibility index (Phi) is 2.50. The van der Waals surface area contributed by atoms with Crippen LogP contribution in [0.2, 0.25) is 0 Å². The lowest BCUT2D eigenvalue weighted by atomic mass is 9.95. The summed E-state index contributed by atoms with van der Waals surface area (Å²) in [7, 11) is 0. The Morgan fingerprint density at radius 1 is 1.29 bits per heavy atom. The third kappa shape index (κ3) is 2.05. The molecule has 4 unspecified atom stereocenters. The van der Waals surface area contributed by atoms with E-state index >= 15 is 0 Å². The second kappa shape index (κ2) is 3.40. The molecule has 2 rings (SSSR count). The van der Waals surface area contributed by atoms with E-state index in [9.17, 15) is 13.2 Å². The van der Waals surface area contributed by atoms with Crippen LogP contribution in [0.4, 0.5) is 13.2 Å². The van der Waals surface area contributed by atoms with Gasteiger partial charge in [-0.15, -0.1) is 0 Å². The van der Waals surface area contributed by atoms with Crippen LogP contribution in [0, 0.1) is 11.8 Å². The maximum atomic E-state index is 12.3. The fourth-order valence-electron chi connectivity index (χ4n) is 2.53. The number of nitrogens with one attached hydrogen (secondary N) is 1. The van der Waals surface area contributed by atoms with Crippen molar-refractivity contribution in [2.24, 2.45) is 11.8 Å². The zero-order valence-corrected chi connectivity index (χ0v) is 8.27. The molecule has 0 aliphatic heterocycles. The predicted molar refractivity (Wildman–Crippen MR) is 47.9 cm³/mol. The normalized spacial score (nSPS) is 39.0. The highest BCUT2D eigenvalue weighted by Gasteiger charge is 2.47. The number of alkyl halides is 3. The van der Waals surface area contributed by atoms with Gasteiger partial charge < -0.3 is 5.32 Å². The summed E-state index contributed by atoms with van der Waals surface area (Å²) in [4.78, 5) is 0. The van der Waals surface area contributed by atoms with Crippen molar-refractivity contribution in [1.29, 1.82) is 0 Å². The summed E-state index contributed by atoms with van der Waals surface area (Å²) < 4.78 is 36.8. The summed E-state index contributed by atoms with van der Waals surface area (Å²) in [5.41, 5.74) is 0. The highest BCUT2D eigenvalue weighted by molar-refractivity contribution is 4.99. The van der Waals surface area contributed by atoms with Gasteiger partial charge in [-0.1, -0.05) is 12.8 Å². The van der Waals surface area contributed by atoms with E-state index in [0.717, 1.165) is 25.2 Å². The fourth-order valence-corrected chi connectivity index (χ4v) is 2.53. The van der Waals surface area contributed by atoms with Crippen molar-refractivity contribution in [1.82, 2.24) is 5.32 Å². The van der Waals surface area contributed by atoms with Crippen molar-refractivity contribution in [3.05, 3.63) is 0 Å². The molecule has 4 atom stereocenters. The molecule has 0 bridgehead atoms. The molecule has 0 radical (unpaired) electrons. The molecule has 4 heteroatoms. The van der Waals surface area contributed by atoms with Crippen LogP contribution in [0.5, 0.6) is 0 Å². The van der Waals surface area contributed by atoms with Crippen molar-refractivity contribution >= 4 is 0 Å². The van der Waals surface area contributed by atoms with Crippen LogP contribution >= 0.6 is 0 Å². The van der Waals surface area contributed by atoms with Crippen LogP contribution in [0.1, 0.15) is 32.6 Å². The number of halogens is 3. The van der Waals surface area contributed by atoms with E-state index in [-0.39, 0.29) is 6.04 Å². The number of rotatable bonds is 2. The average molecular weight is 207 g/mol. The van der Waals surface area contributed by atoms with E-state index in [0.29, 0.717) is 5.92 Å². The Labute approximate surface area is 82.1 Å². The van der Waals surface area contributed by atoms with Gasteiger partial charge in [0.25, 0.3) is 0 Å². The molecule has 0 heterocycles. The first-order chi connectivity index (χ1) is 6.48. The minimum absolute atomic E-state index is 0.116. The molecule has 2 saturated carbocycles. The second-order valence-corrected chi connectivity index (χ2v) is 4.63. The minimum Gasteiger partial charge on any atom is -0.303 e. The van der Waals surface area contributed by atoms with Crippen molar-refractivity contribution in [2.45, 2.75) is 50.9 Å². The van der Waals surface area contributed by atoms with Crippen LogP contribution in [0.15, 0.2) is 0 Å². The SMILES string of the molecule is CC(NC1CCCC2CC21)C(F)(F)F. The molecule has 2 fully saturated rings. The van der Waals surface area contributed by atoms with Gasteiger partial charge in [-0.3, -0.25) is 0 Å². The molecule has 0 amide bonds. The Balaban J connectivity index is 1.85. The summed E-state index contributed by atoms with van der Waals surface area (Å²) in [5.74, 6) is 1.26. The molecule has 0 spiro atoms. The lowest BCUT2D eigenvalue weighted by Crippen LogP contribution is -2.47. The second-order valence-electron chi connectivity index (χ2n) is 4.63. The molecule has 0 saturated heterocycles. The Hall–Kier alpha value is -0.250. The third-order valence-electron chi connectivity index (χ3n) is 3.54. The predicted octanol–water partition coefficient (Wildman–Crippen LogP) is 2.72. The van der Waals surface area contributed by atoms with Crippen LogP contribution in [-0.2, 0) is 0 Å². The van der Waals surface area contributed by atoms with Gasteiger partial charge in [0, 0.05) is 6.04 Å². The van der Waals surface area contributed by atoms with Crippen LogP contribution in [0.3, 0.4) is 0 Å². The maximum absolute atomic E-state index is 12.3. The molecule has 1 N–H and O–H groups in total. The molecular formula is C10H16F3N. The van der Waals surface area contributed by atoms with E-state index in [2.05, 4.69) is 5.32 Å². The van der Waals surface area contributed by atoms with Crippen LogP contribution < -0.4 is 5.32 Å². The summed E-state index contributed by atoms with van der Waals surface area (Å²) in [6, 6.07) is -1.24. The Morgan fingerprint density at radius 2 is 2.00 bits per heavy atom. The molecule has 0 aromatic rings. The zero-order chi connectivity index (χ0) is 10.3. The average Bonchev–Trinajstić information content (AvgIpc) is 2.81. The van der Waals surface area contributed by atoms with Gasteiger partial charge in [0.15, 0.2) is 0 Å². The quantitative estimate of drug-likeness (QED) is 0.734. The van der Waals surface area contributed by atoms with E-state index in [1.54, 1.807) is 0 Å². The summed E-state index contributed by atoms with van der Waals surface area (Å²) >= 11 is 0. The monoisotopic (exact) mass is 207 g/mol. The molecule has 0 aromatic carbocycles. The van der Waals surface area contributed by atoms with Gasteiger partial charge in [0.05, 0.1) is 0 Å². The maximum Gasteiger partial charge on any atom is 0.403 e. The first kappa shape index (κ1) is 10.3. The molecule has 14 heavy (non-hydrogen) atoms. The molecule has 0 aromatic heterocycles. The topological polar surface area (TPSA) is 12.0 Å². The molecule has 2 aliphatic rings. The highest BCUT2D eigenvalue weighted by Crippen LogP contribution is 2.49. The molecule has 1 nitrogen and oxygen atoms in total. The standard InChI is InChI=1S/C10H16F3N/c1-6(10(11,12)13)14-9-4-2-3-7-5-8(7)9/h6-9,14H,2-5H2,1H3. The summed E-state index contributed by atoms with van der Waals surface area (Å²) in [6.07, 6.45) is 0.276. The van der Waals surface area contributed by atoms with Crippen molar-refractivity contribution in [3.8, 4) is 0 Å². The largest absolute Gasteiger partial charge is 0.403 e. The summed E-state index contributed by atoms with van der Waals surface area (Å²) in [5, 5.41) is 2.73. The number of hydrogen-bond acceptors (Lipinski definition) is 1. The van der Waals surface area contributed by atoms with Gasteiger partial charge >= 0.3 is 6.18 Å². The van der Waals surface area contributed by atoms with Crippen LogP contribution in [0.25, 0.3) is 0 Å². The Morgan fingerprint density at radius 3 is 2.64 bits per heavy atom. The molecule has 82 valence electrons. The van der Waals surface area contributed by atoms with Gasteiger partial charge in [0.2, 0.25) is 0 Å². The molecule has 2 aliphatic carbocycles. The van der Waals surface area contributed by atoms with E-state index < -0.39 is 12.2 Å². The van der Waals surface area contributed by atoms with Crippen molar-refractivity contribution in [3.63, 3.8) is 0 Å². The van der Waals surface area contributed by atoms with Crippen LogP contribution in [-0.4, -0.2) is 18.3 Å². The zero-order valence-electron chi connectivity index (χ0n) is 8.27.